The maximum atomic E-state index is 13.0. The van der Waals surface area contributed by atoms with Crippen LogP contribution in [0.1, 0.15) is 19.8 Å². The second-order valence-electron chi connectivity index (χ2n) is 5.15. The van der Waals surface area contributed by atoms with Crippen molar-refractivity contribution in [3.63, 3.8) is 0 Å². The number of carboxylic acid groups (broad SMARTS) is 1. The number of hydrogen-bond acceptors (Lipinski definition) is 2. The van der Waals surface area contributed by atoms with Gasteiger partial charge in [-0.2, -0.15) is 0 Å². The second-order valence-corrected chi connectivity index (χ2v) is 6.00. The normalized spacial score (nSPS) is 22.0. The third-order valence-electron chi connectivity index (χ3n) is 3.62. The van der Waals surface area contributed by atoms with Gasteiger partial charge in [0.25, 0.3) is 0 Å². The van der Waals surface area contributed by atoms with E-state index in [0.29, 0.717) is 16.7 Å². The van der Waals surface area contributed by atoms with Crippen molar-refractivity contribution in [1.82, 2.24) is 4.90 Å². The number of carbonyl (C=O) groups excluding carboxylic acids is 1. The van der Waals surface area contributed by atoms with Gasteiger partial charge in [0.05, 0.1) is 5.69 Å². The summed E-state index contributed by atoms with van der Waals surface area (Å²) in [5, 5.41) is 11.9. The van der Waals surface area contributed by atoms with E-state index in [9.17, 15) is 19.1 Å². The summed E-state index contributed by atoms with van der Waals surface area (Å²) in [5.74, 6) is -1.52. The number of rotatable bonds is 2. The molecule has 0 aliphatic carbocycles. The molecule has 1 aromatic rings. The predicted molar refractivity (Wildman–Crippen MR) is 79.6 cm³/mol. The van der Waals surface area contributed by atoms with Crippen molar-refractivity contribution >= 4 is 33.6 Å². The fraction of sp³-hybridized carbons (Fsp3) is 0.429. The Morgan fingerprint density at radius 2 is 2.19 bits per heavy atom. The summed E-state index contributed by atoms with van der Waals surface area (Å²) >= 11 is 3.17. The lowest BCUT2D eigenvalue weighted by Crippen LogP contribution is -2.53. The monoisotopic (exact) mass is 358 g/mol. The van der Waals surface area contributed by atoms with Crippen LogP contribution in [0.25, 0.3) is 0 Å². The summed E-state index contributed by atoms with van der Waals surface area (Å²) in [6, 6.07) is 2.58. The Bertz CT molecular complexity index is 567. The van der Waals surface area contributed by atoms with Crippen LogP contribution in [-0.4, -0.2) is 34.6 Å². The van der Waals surface area contributed by atoms with E-state index < -0.39 is 23.9 Å². The van der Waals surface area contributed by atoms with Gasteiger partial charge in [-0.3, -0.25) is 0 Å². The van der Waals surface area contributed by atoms with Crippen LogP contribution in [0.4, 0.5) is 14.9 Å². The zero-order valence-electron chi connectivity index (χ0n) is 11.5. The second kappa shape index (κ2) is 6.43. The molecule has 1 heterocycles. The molecule has 2 unspecified atom stereocenters. The molecule has 7 heteroatoms. The molecule has 2 atom stereocenters. The number of likely N-dealkylation sites (tertiary alicyclic amines) is 1. The molecule has 21 heavy (non-hydrogen) atoms. The van der Waals surface area contributed by atoms with E-state index in [-0.39, 0.29) is 5.92 Å². The topological polar surface area (TPSA) is 69.6 Å². The van der Waals surface area contributed by atoms with Crippen LogP contribution in [0.2, 0.25) is 0 Å². The quantitative estimate of drug-likeness (QED) is 0.851. The summed E-state index contributed by atoms with van der Waals surface area (Å²) < 4.78 is 13.4. The van der Waals surface area contributed by atoms with E-state index in [1.807, 2.05) is 6.92 Å². The molecule has 114 valence electrons. The first-order valence-corrected chi connectivity index (χ1v) is 7.45. The minimum atomic E-state index is -1.00. The summed E-state index contributed by atoms with van der Waals surface area (Å²) in [5.41, 5.74) is 0.406. The summed E-state index contributed by atoms with van der Waals surface area (Å²) in [4.78, 5) is 25.0. The number of halogens is 2. The number of aliphatic carboxylic acids is 1. The van der Waals surface area contributed by atoms with Gasteiger partial charge in [0.1, 0.15) is 11.9 Å². The van der Waals surface area contributed by atoms with Gasteiger partial charge in [-0.1, -0.05) is 6.92 Å². The molecule has 0 aromatic heterocycles. The fourth-order valence-electron chi connectivity index (χ4n) is 2.57. The van der Waals surface area contributed by atoms with Gasteiger partial charge in [-0.25, -0.2) is 14.0 Å². The molecule has 1 aliphatic rings. The maximum absolute atomic E-state index is 13.0. The van der Waals surface area contributed by atoms with Crippen LogP contribution in [0.5, 0.6) is 0 Å². The largest absolute Gasteiger partial charge is 0.480 e. The maximum Gasteiger partial charge on any atom is 0.326 e. The number of amides is 2. The molecular formula is C14H16BrFN2O3. The molecule has 5 nitrogen and oxygen atoms in total. The van der Waals surface area contributed by atoms with Crippen LogP contribution in [0.3, 0.4) is 0 Å². The van der Waals surface area contributed by atoms with Gasteiger partial charge in [0, 0.05) is 11.0 Å². The number of nitrogens with one attached hydrogen (secondary N) is 1. The van der Waals surface area contributed by atoms with Gasteiger partial charge in [0.2, 0.25) is 0 Å². The van der Waals surface area contributed by atoms with Crippen molar-refractivity contribution in [2.45, 2.75) is 25.8 Å². The van der Waals surface area contributed by atoms with Crippen molar-refractivity contribution in [3.05, 3.63) is 28.5 Å². The van der Waals surface area contributed by atoms with Crippen molar-refractivity contribution in [1.29, 1.82) is 0 Å². The molecule has 1 aliphatic heterocycles. The molecule has 0 saturated carbocycles. The van der Waals surface area contributed by atoms with Crippen LogP contribution < -0.4 is 5.32 Å². The Labute approximate surface area is 130 Å². The van der Waals surface area contributed by atoms with Gasteiger partial charge < -0.3 is 15.3 Å². The lowest BCUT2D eigenvalue weighted by atomic mass is 9.91. The van der Waals surface area contributed by atoms with Gasteiger partial charge in [-0.05, 0) is 52.9 Å². The molecule has 2 rings (SSSR count). The number of benzene rings is 1. The Kier molecular flexibility index (Phi) is 4.82. The van der Waals surface area contributed by atoms with Crippen molar-refractivity contribution in [2.75, 3.05) is 11.9 Å². The molecule has 1 fully saturated rings. The summed E-state index contributed by atoms with van der Waals surface area (Å²) in [7, 11) is 0. The van der Waals surface area contributed by atoms with Crippen LogP contribution >= 0.6 is 15.9 Å². The predicted octanol–water partition coefficient (Wildman–Crippen LogP) is 3.31. The molecular weight excluding hydrogens is 343 g/mol. The minimum Gasteiger partial charge on any atom is -0.480 e. The zero-order valence-corrected chi connectivity index (χ0v) is 13.1. The molecule has 1 saturated heterocycles. The van der Waals surface area contributed by atoms with Gasteiger partial charge in [-0.15, -0.1) is 0 Å². The first-order valence-electron chi connectivity index (χ1n) is 6.65. The highest BCUT2D eigenvalue weighted by Crippen LogP contribution is 2.27. The highest BCUT2D eigenvalue weighted by Gasteiger charge is 2.37. The average Bonchev–Trinajstić information content (AvgIpc) is 2.41. The third kappa shape index (κ3) is 3.53. The number of carbonyl (C=O) groups is 2. The Morgan fingerprint density at radius 1 is 1.48 bits per heavy atom. The number of carboxylic acids is 1. The lowest BCUT2D eigenvalue weighted by Gasteiger charge is -2.37. The van der Waals surface area contributed by atoms with Crippen molar-refractivity contribution in [3.8, 4) is 0 Å². The molecule has 0 bridgehead atoms. The van der Waals surface area contributed by atoms with Crippen LogP contribution in [0, 0.1) is 11.7 Å². The smallest absolute Gasteiger partial charge is 0.326 e. The van der Waals surface area contributed by atoms with E-state index in [4.69, 9.17) is 0 Å². The first kappa shape index (κ1) is 15.8. The van der Waals surface area contributed by atoms with E-state index in [0.717, 1.165) is 12.8 Å². The van der Waals surface area contributed by atoms with Crippen LogP contribution in [-0.2, 0) is 4.79 Å². The molecule has 1 aromatic carbocycles. The summed E-state index contributed by atoms with van der Waals surface area (Å²) in [6.45, 7) is 2.22. The standard InChI is InChI=1S/C14H16BrFN2O3/c1-8-3-2-6-18(12(8)13(19)20)14(21)17-11-5-4-9(16)7-10(11)15/h4-5,7-8,12H,2-3,6H2,1H3,(H,17,21)(H,19,20). The summed E-state index contributed by atoms with van der Waals surface area (Å²) in [6.07, 6.45) is 1.55. The molecule has 2 amide bonds. The first-order chi connectivity index (χ1) is 9.90. The Hall–Kier alpha value is -1.63. The Balaban J connectivity index is 2.16. The zero-order chi connectivity index (χ0) is 15.6. The van der Waals surface area contributed by atoms with E-state index in [1.54, 1.807) is 0 Å². The molecule has 2 N–H and O–H groups in total. The third-order valence-corrected chi connectivity index (χ3v) is 4.28. The lowest BCUT2D eigenvalue weighted by molar-refractivity contribution is -0.145. The van der Waals surface area contributed by atoms with E-state index >= 15 is 0 Å². The minimum absolute atomic E-state index is 0.0985. The van der Waals surface area contributed by atoms with Crippen molar-refractivity contribution in [2.24, 2.45) is 5.92 Å². The average molecular weight is 359 g/mol. The SMILES string of the molecule is CC1CCCN(C(=O)Nc2ccc(F)cc2Br)C1C(=O)O. The van der Waals surface area contributed by atoms with Crippen molar-refractivity contribution < 1.29 is 19.1 Å². The Morgan fingerprint density at radius 3 is 2.81 bits per heavy atom. The fourth-order valence-corrected chi connectivity index (χ4v) is 3.02. The number of anilines is 1. The molecule has 0 spiro atoms. The number of urea groups is 1. The van der Waals surface area contributed by atoms with E-state index in [1.165, 1.54) is 23.1 Å². The van der Waals surface area contributed by atoms with Gasteiger partial charge >= 0.3 is 12.0 Å². The number of hydrogen-bond donors (Lipinski definition) is 2. The van der Waals surface area contributed by atoms with Crippen LogP contribution in [0.15, 0.2) is 22.7 Å². The number of piperidine rings is 1. The molecule has 0 radical (unpaired) electrons. The highest BCUT2D eigenvalue weighted by atomic mass is 79.9. The highest BCUT2D eigenvalue weighted by molar-refractivity contribution is 9.10. The number of nitrogens with zero attached hydrogens (tertiary/aromatic N) is 1. The van der Waals surface area contributed by atoms with E-state index in [2.05, 4.69) is 21.2 Å². The van der Waals surface area contributed by atoms with Gasteiger partial charge in [0.15, 0.2) is 0 Å².